The van der Waals surface area contributed by atoms with Crippen molar-refractivity contribution in [3.05, 3.63) is 41.7 Å². The minimum atomic E-state index is -0.207. The summed E-state index contributed by atoms with van der Waals surface area (Å²) >= 11 is 0. The van der Waals surface area contributed by atoms with E-state index in [1.807, 2.05) is 23.9 Å². The second-order valence-corrected chi connectivity index (χ2v) is 4.81. The van der Waals surface area contributed by atoms with Gasteiger partial charge in [-0.25, -0.2) is 9.97 Å². The van der Waals surface area contributed by atoms with E-state index in [9.17, 15) is 0 Å². The molecule has 0 amide bonds. The molecule has 0 saturated heterocycles. The van der Waals surface area contributed by atoms with Crippen LogP contribution >= 0.6 is 0 Å². The van der Waals surface area contributed by atoms with Crippen molar-refractivity contribution in [3.63, 3.8) is 0 Å². The Balaban J connectivity index is 2.06. The normalized spacial score (nSPS) is 12.9. The van der Waals surface area contributed by atoms with Crippen LogP contribution in [0.1, 0.15) is 43.0 Å². The van der Waals surface area contributed by atoms with Gasteiger partial charge in [0.1, 0.15) is 5.82 Å². The number of nitrogens with zero attached hydrogens (tertiary/aromatic N) is 4. The van der Waals surface area contributed by atoms with E-state index >= 15 is 0 Å². The first-order valence-corrected chi connectivity index (χ1v) is 6.14. The molecule has 0 radical (unpaired) electrons. The minimum absolute atomic E-state index is 0.207. The van der Waals surface area contributed by atoms with Gasteiger partial charge in [-0.15, -0.1) is 0 Å². The molecule has 18 heavy (non-hydrogen) atoms. The van der Waals surface area contributed by atoms with Gasteiger partial charge in [0.05, 0.1) is 11.7 Å². The van der Waals surface area contributed by atoms with Gasteiger partial charge in [-0.2, -0.15) is 5.10 Å². The second kappa shape index (κ2) is 5.27. The summed E-state index contributed by atoms with van der Waals surface area (Å²) in [4.78, 5) is 8.49. The molecule has 0 aromatic carbocycles. The summed E-state index contributed by atoms with van der Waals surface area (Å²) in [5, 5.41) is 4.47. The van der Waals surface area contributed by atoms with Gasteiger partial charge in [0.15, 0.2) is 0 Å². The Morgan fingerprint density at radius 1 is 1.28 bits per heavy atom. The molecule has 96 valence electrons. The lowest BCUT2D eigenvalue weighted by Crippen LogP contribution is -2.17. The summed E-state index contributed by atoms with van der Waals surface area (Å²) in [6.45, 7) is 6.15. The van der Waals surface area contributed by atoms with Crippen LogP contribution < -0.4 is 5.73 Å². The van der Waals surface area contributed by atoms with Gasteiger partial charge in [0, 0.05) is 31.1 Å². The van der Waals surface area contributed by atoms with Crippen molar-refractivity contribution in [1.29, 1.82) is 0 Å². The lowest BCUT2D eigenvalue weighted by atomic mass is 10.1. The second-order valence-electron chi connectivity index (χ2n) is 4.81. The fraction of sp³-hybridized carbons (Fsp3) is 0.462. The molecule has 0 bridgehead atoms. The summed E-state index contributed by atoms with van der Waals surface area (Å²) in [6, 6.07) is 2.15. The molecule has 2 aromatic rings. The molecule has 0 aliphatic heterocycles. The number of nitrogens with two attached hydrogens (primary N) is 1. The molecule has 5 nitrogen and oxygen atoms in total. The first-order valence-electron chi connectivity index (χ1n) is 6.14. The molecule has 2 aromatic heterocycles. The van der Waals surface area contributed by atoms with Gasteiger partial charge in [0.25, 0.3) is 0 Å². The van der Waals surface area contributed by atoms with Crippen LogP contribution in [0, 0.1) is 6.92 Å². The zero-order valence-electron chi connectivity index (χ0n) is 11.0. The van der Waals surface area contributed by atoms with E-state index in [1.165, 1.54) is 0 Å². The highest BCUT2D eigenvalue weighted by Crippen LogP contribution is 2.12. The predicted octanol–water partition coefficient (Wildman–Crippen LogP) is 1.80. The van der Waals surface area contributed by atoms with Gasteiger partial charge in [-0.05, 0) is 32.4 Å². The Morgan fingerprint density at radius 2 is 1.94 bits per heavy atom. The first-order chi connectivity index (χ1) is 8.56. The van der Waals surface area contributed by atoms with E-state index in [0.29, 0.717) is 18.3 Å². The molecule has 2 N–H and O–H groups in total. The summed E-state index contributed by atoms with van der Waals surface area (Å²) in [7, 11) is 0. The van der Waals surface area contributed by atoms with Crippen molar-refractivity contribution in [2.75, 3.05) is 0 Å². The quantitative estimate of drug-likeness (QED) is 0.891. The van der Waals surface area contributed by atoms with Crippen molar-refractivity contribution < 1.29 is 0 Å². The molecule has 0 aliphatic carbocycles. The Hall–Kier alpha value is -1.75. The van der Waals surface area contributed by atoms with E-state index in [-0.39, 0.29) is 6.04 Å². The molecule has 0 spiro atoms. The number of aryl methyl sites for hydroxylation is 1. The fourth-order valence-electron chi connectivity index (χ4n) is 1.68. The van der Waals surface area contributed by atoms with Crippen LogP contribution in [0.2, 0.25) is 0 Å². The van der Waals surface area contributed by atoms with Crippen LogP contribution in [-0.4, -0.2) is 19.7 Å². The number of hydrogen-bond acceptors (Lipinski definition) is 4. The molecule has 1 atom stereocenters. The van der Waals surface area contributed by atoms with Crippen LogP contribution in [0.5, 0.6) is 0 Å². The zero-order chi connectivity index (χ0) is 13.1. The summed E-state index contributed by atoms with van der Waals surface area (Å²) < 4.78 is 1.93. The van der Waals surface area contributed by atoms with Gasteiger partial charge < -0.3 is 5.73 Å². The largest absolute Gasteiger partial charge is 0.321 e. The van der Waals surface area contributed by atoms with Crippen LogP contribution in [-0.2, 0) is 6.42 Å². The third-order valence-electron chi connectivity index (χ3n) is 2.75. The molecule has 5 heteroatoms. The van der Waals surface area contributed by atoms with Gasteiger partial charge in [-0.1, -0.05) is 0 Å². The average Bonchev–Trinajstić information content (AvgIpc) is 2.78. The fourth-order valence-corrected chi connectivity index (χ4v) is 1.68. The van der Waals surface area contributed by atoms with Crippen LogP contribution in [0.3, 0.4) is 0 Å². The van der Waals surface area contributed by atoms with E-state index in [0.717, 1.165) is 11.3 Å². The molecule has 2 rings (SSSR count). The highest BCUT2D eigenvalue weighted by Gasteiger charge is 2.12. The van der Waals surface area contributed by atoms with Gasteiger partial charge in [0.2, 0.25) is 0 Å². The van der Waals surface area contributed by atoms with Crippen LogP contribution in [0.25, 0.3) is 0 Å². The standard InChI is InChI=1S/C13H19N5/c1-9(2)18-5-4-11(17-18)6-12(14)13-15-7-10(3)8-16-13/h4-5,7-9,12H,6,14H2,1-3H3. The van der Waals surface area contributed by atoms with Crippen molar-refractivity contribution in [3.8, 4) is 0 Å². The third-order valence-corrected chi connectivity index (χ3v) is 2.75. The van der Waals surface area contributed by atoms with Crippen molar-refractivity contribution >= 4 is 0 Å². The topological polar surface area (TPSA) is 69.6 Å². The Kier molecular flexibility index (Phi) is 3.72. The van der Waals surface area contributed by atoms with Gasteiger partial charge >= 0.3 is 0 Å². The highest BCUT2D eigenvalue weighted by atomic mass is 15.3. The lowest BCUT2D eigenvalue weighted by molar-refractivity contribution is 0.521. The highest BCUT2D eigenvalue weighted by molar-refractivity contribution is 5.08. The molecular formula is C13H19N5. The number of hydrogen-bond donors (Lipinski definition) is 1. The lowest BCUT2D eigenvalue weighted by Gasteiger charge is -2.08. The first kappa shape index (κ1) is 12.7. The number of rotatable bonds is 4. The minimum Gasteiger partial charge on any atom is -0.321 e. The molecule has 0 saturated carbocycles. The Morgan fingerprint density at radius 3 is 2.50 bits per heavy atom. The average molecular weight is 245 g/mol. The molecule has 2 heterocycles. The van der Waals surface area contributed by atoms with E-state index < -0.39 is 0 Å². The maximum Gasteiger partial charge on any atom is 0.145 e. The summed E-state index contributed by atoms with van der Waals surface area (Å²) in [5.41, 5.74) is 8.10. The SMILES string of the molecule is Cc1cnc(C(N)Cc2ccn(C(C)C)n2)nc1. The van der Waals surface area contributed by atoms with Gasteiger partial charge in [-0.3, -0.25) is 4.68 Å². The smallest absolute Gasteiger partial charge is 0.145 e. The third kappa shape index (κ3) is 2.92. The Bertz CT molecular complexity index is 500. The zero-order valence-corrected chi connectivity index (χ0v) is 11.0. The predicted molar refractivity (Wildman–Crippen MR) is 70.0 cm³/mol. The monoisotopic (exact) mass is 245 g/mol. The van der Waals surface area contributed by atoms with Crippen molar-refractivity contribution in [1.82, 2.24) is 19.7 Å². The van der Waals surface area contributed by atoms with E-state index in [2.05, 4.69) is 28.9 Å². The Labute approximate surface area is 107 Å². The van der Waals surface area contributed by atoms with Crippen molar-refractivity contribution in [2.45, 2.75) is 39.3 Å². The van der Waals surface area contributed by atoms with Crippen LogP contribution in [0.4, 0.5) is 0 Å². The number of aromatic nitrogens is 4. The van der Waals surface area contributed by atoms with Crippen molar-refractivity contribution in [2.24, 2.45) is 5.73 Å². The molecule has 1 unspecified atom stereocenters. The molecule has 0 fully saturated rings. The maximum absolute atomic E-state index is 6.09. The molecular weight excluding hydrogens is 226 g/mol. The van der Waals surface area contributed by atoms with E-state index in [4.69, 9.17) is 5.73 Å². The molecule has 0 aliphatic rings. The summed E-state index contributed by atoms with van der Waals surface area (Å²) in [6.07, 6.45) is 6.20. The van der Waals surface area contributed by atoms with E-state index in [1.54, 1.807) is 12.4 Å². The van der Waals surface area contributed by atoms with Crippen LogP contribution in [0.15, 0.2) is 24.7 Å². The maximum atomic E-state index is 6.09. The summed E-state index contributed by atoms with van der Waals surface area (Å²) in [5.74, 6) is 0.666.